The lowest BCUT2D eigenvalue weighted by Gasteiger charge is -2.19. The summed E-state index contributed by atoms with van der Waals surface area (Å²) >= 11 is 0. The van der Waals surface area contributed by atoms with E-state index < -0.39 is 17.9 Å². The summed E-state index contributed by atoms with van der Waals surface area (Å²) in [7, 11) is 1.39. The molecule has 7 nitrogen and oxygen atoms in total. The molecule has 0 radical (unpaired) electrons. The number of aliphatic carboxylic acids is 1. The molecule has 1 amide bonds. The lowest BCUT2D eigenvalue weighted by molar-refractivity contribution is -0.141. The second-order valence-corrected chi connectivity index (χ2v) is 2.76. The third-order valence-corrected chi connectivity index (χ3v) is 1.88. The third-order valence-electron chi connectivity index (χ3n) is 1.88. The maximum atomic E-state index is 11.5. The summed E-state index contributed by atoms with van der Waals surface area (Å²) in [4.78, 5) is 26.8. The minimum Gasteiger partial charge on any atom is -0.480 e. The Balaban J connectivity index is 2.76. The summed E-state index contributed by atoms with van der Waals surface area (Å²) in [5, 5.41) is 14.5. The number of carboxylic acids is 1. The van der Waals surface area contributed by atoms with Crippen LogP contribution in [0.4, 0.5) is 0 Å². The second-order valence-electron chi connectivity index (χ2n) is 2.76. The molecular formula is C7H10N4O3. The van der Waals surface area contributed by atoms with E-state index in [0.29, 0.717) is 0 Å². The Morgan fingerprint density at radius 1 is 1.64 bits per heavy atom. The number of carboxylic acid groups (broad SMARTS) is 1. The standard InChI is InChI=1S/C7H10N4O3/c1-4(7(13)14)11(2)6(12)5-8-3-9-10-5/h3-4H,1-2H3,(H,13,14)(H,8,9,10). The summed E-state index contributed by atoms with van der Waals surface area (Å²) in [5.41, 5.74) is 0. The fraction of sp³-hybridized carbons (Fsp3) is 0.429. The molecule has 76 valence electrons. The van der Waals surface area contributed by atoms with Crippen molar-refractivity contribution in [3.05, 3.63) is 12.2 Å². The predicted molar refractivity (Wildman–Crippen MR) is 45.6 cm³/mol. The SMILES string of the molecule is CC(C(=O)O)N(C)C(=O)c1ncn[nH]1. The molecular weight excluding hydrogens is 188 g/mol. The maximum Gasteiger partial charge on any atom is 0.326 e. The molecule has 0 aliphatic carbocycles. The summed E-state index contributed by atoms with van der Waals surface area (Å²) < 4.78 is 0. The number of hydrogen-bond acceptors (Lipinski definition) is 4. The van der Waals surface area contributed by atoms with E-state index in [0.717, 1.165) is 4.90 Å². The van der Waals surface area contributed by atoms with E-state index in [9.17, 15) is 9.59 Å². The minimum absolute atomic E-state index is 0.0283. The first-order valence-corrected chi connectivity index (χ1v) is 3.89. The molecule has 0 aromatic carbocycles. The van der Waals surface area contributed by atoms with Crippen LogP contribution in [-0.2, 0) is 4.79 Å². The van der Waals surface area contributed by atoms with Gasteiger partial charge in [0.05, 0.1) is 0 Å². The summed E-state index contributed by atoms with van der Waals surface area (Å²) in [6, 6.07) is -0.896. The molecule has 1 rings (SSSR count). The minimum atomic E-state index is -1.07. The predicted octanol–water partition coefficient (Wildman–Crippen LogP) is -0.650. The number of likely N-dealkylation sites (N-methyl/N-ethyl adjacent to an activating group) is 1. The van der Waals surface area contributed by atoms with Gasteiger partial charge in [0, 0.05) is 7.05 Å². The van der Waals surface area contributed by atoms with Gasteiger partial charge in [0.25, 0.3) is 5.91 Å². The van der Waals surface area contributed by atoms with E-state index in [1.165, 1.54) is 20.3 Å². The number of nitrogens with one attached hydrogen (secondary N) is 1. The van der Waals surface area contributed by atoms with Crippen molar-refractivity contribution in [1.29, 1.82) is 0 Å². The van der Waals surface area contributed by atoms with Crippen LogP contribution in [0.5, 0.6) is 0 Å². The van der Waals surface area contributed by atoms with Gasteiger partial charge in [-0.2, -0.15) is 5.10 Å². The van der Waals surface area contributed by atoms with E-state index in [4.69, 9.17) is 5.11 Å². The summed E-state index contributed by atoms with van der Waals surface area (Å²) in [6.45, 7) is 1.41. The molecule has 0 spiro atoms. The Morgan fingerprint density at radius 2 is 2.29 bits per heavy atom. The Hall–Kier alpha value is -1.92. The number of hydrogen-bond donors (Lipinski definition) is 2. The molecule has 0 aliphatic heterocycles. The lowest BCUT2D eigenvalue weighted by Crippen LogP contribution is -2.40. The Kier molecular flexibility index (Phi) is 2.80. The number of aromatic amines is 1. The van der Waals surface area contributed by atoms with Gasteiger partial charge in [-0.05, 0) is 6.92 Å². The van der Waals surface area contributed by atoms with E-state index in [1.807, 2.05) is 0 Å². The first kappa shape index (κ1) is 10.2. The van der Waals surface area contributed by atoms with E-state index in [-0.39, 0.29) is 5.82 Å². The normalized spacial score (nSPS) is 12.1. The Labute approximate surface area is 79.8 Å². The number of aromatic nitrogens is 3. The molecule has 1 heterocycles. The van der Waals surface area contributed by atoms with Crippen LogP contribution in [0.1, 0.15) is 17.5 Å². The summed E-state index contributed by atoms with van der Waals surface area (Å²) in [5.74, 6) is -1.54. The van der Waals surface area contributed by atoms with Crippen LogP contribution >= 0.6 is 0 Å². The molecule has 14 heavy (non-hydrogen) atoms. The molecule has 1 atom stereocenters. The van der Waals surface area contributed by atoms with Crippen molar-refractivity contribution < 1.29 is 14.7 Å². The van der Waals surface area contributed by atoms with Gasteiger partial charge in [0.2, 0.25) is 5.82 Å². The molecule has 0 saturated heterocycles. The van der Waals surface area contributed by atoms with Crippen LogP contribution in [0.3, 0.4) is 0 Å². The van der Waals surface area contributed by atoms with Gasteiger partial charge in [-0.15, -0.1) is 0 Å². The van der Waals surface area contributed by atoms with Crippen molar-refractivity contribution in [3.8, 4) is 0 Å². The molecule has 0 saturated carbocycles. The van der Waals surface area contributed by atoms with Gasteiger partial charge in [-0.1, -0.05) is 0 Å². The molecule has 1 aromatic rings. The van der Waals surface area contributed by atoms with Crippen LogP contribution in [-0.4, -0.2) is 50.2 Å². The van der Waals surface area contributed by atoms with Crippen molar-refractivity contribution in [2.45, 2.75) is 13.0 Å². The quantitative estimate of drug-likeness (QED) is 0.672. The number of amides is 1. The lowest BCUT2D eigenvalue weighted by atomic mass is 10.3. The van der Waals surface area contributed by atoms with Gasteiger partial charge in [0.15, 0.2) is 0 Å². The summed E-state index contributed by atoms with van der Waals surface area (Å²) in [6.07, 6.45) is 1.19. The molecule has 7 heteroatoms. The smallest absolute Gasteiger partial charge is 0.326 e. The van der Waals surface area contributed by atoms with Gasteiger partial charge in [-0.25, -0.2) is 9.78 Å². The Bertz CT molecular complexity index is 335. The highest BCUT2D eigenvalue weighted by atomic mass is 16.4. The molecule has 1 unspecified atom stereocenters. The van der Waals surface area contributed by atoms with Crippen LogP contribution in [0, 0.1) is 0 Å². The number of nitrogens with zero attached hydrogens (tertiary/aromatic N) is 3. The van der Waals surface area contributed by atoms with Crippen molar-refractivity contribution in [1.82, 2.24) is 20.1 Å². The van der Waals surface area contributed by atoms with Crippen LogP contribution < -0.4 is 0 Å². The maximum absolute atomic E-state index is 11.5. The number of carbonyl (C=O) groups is 2. The average Bonchev–Trinajstić information content (AvgIpc) is 2.67. The third kappa shape index (κ3) is 1.87. The first-order chi connectivity index (χ1) is 6.54. The first-order valence-electron chi connectivity index (χ1n) is 3.89. The van der Waals surface area contributed by atoms with E-state index in [1.54, 1.807) is 0 Å². The van der Waals surface area contributed by atoms with Crippen molar-refractivity contribution in [2.75, 3.05) is 7.05 Å². The van der Waals surface area contributed by atoms with Crippen molar-refractivity contribution >= 4 is 11.9 Å². The highest BCUT2D eigenvalue weighted by Gasteiger charge is 2.24. The molecule has 1 aromatic heterocycles. The van der Waals surface area contributed by atoms with Gasteiger partial charge in [-0.3, -0.25) is 9.89 Å². The molecule has 0 aliphatic rings. The van der Waals surface area contributed by atoms with Gasteiger partial charge < -0.3 is 10.0 Å². The molecule has 2 N–H and O–H groups in total. The van der Waals surface area contributed by atoms with Gasteiger partial charge in [0.1, 0.15) is 12.4 Å². The van der Waals surface area contributed by atoms with E-state index in [2.05, 4.69) is 15.2 Å². The topological polar surface area (TPSA) is 99.2 Å². The highest BCUT2D eigenvalue weighted by molar-refractivity contribution is 5.93. The average molecular weight is 198 g/mol. The Morgan fingerprint density at radius 3 is 2.71 bits per heavy atom. The molecule has 0 bridgehead atoms. The number of H-pyrrole nitrogens is 1. The zero-order valence-corrected chi connectivity index (χ0v) is 7.76. The van der Waals surface area contributed by atoms with Crippen molar-refractivity contribution in [2.24, 2.45) is 0 Å². The zero-order chi connectivity index (χ0) is 10.7. The fourth-order valence-electron chi connectivity index (χ4n) is 0.817. The fourth-order valence-corrected chi connectivity index (χ4v) is 0.817. The van der Waals surface area contributed by atoms with Crippen LogP contribution in [0.25, 0.3) is 0 Å². The largest absolute Gasteiger partial charge is 0.480 e. The van der Waals surface area contributed by atoms with Crippen molar-refractivity contribution in [3.63, 3.8) is 0 Å². The number of rotatable bonds is 3. The highest BCUT2D eigenvalue weighted by Crippen LogP contribution is 2.00. The van der Waals surface area contributed by atoms with Crippen LogP contribution in [0.15, 0.2) is 6.33 Å². The second kappa shape index (κ2) is 3.86. The zero-order valence-electron chi connectivity index (χ0n) is 7.76. The molecule has 0 fully saturated rings. The monoisotopic (exact) mass is 198 g/mol. The number of carbonyl (C=O) groups excluding carboxylic acids is 1. The van der Waals surface area contributed by atoms with Crippen LogP contribution in [0.2, 0.25) is 0 Å². The van der Waals surface area contributed by atoms with Gasteiger partial charge >= 0.3 is 5.97 Å². The van der Waals surface area contributed by atoms with E-state index >= 15 is 0 Å².